The van der Waals surface area contributed by atoms with Crippen molar-refractivity contribution in [2.75, 3.05) is 48.4 Å². The largest absolute Gasteiger partial charge is 0.378 e. The van der Waals surface area contributed by atoms with Gasteiger partial charge in [0.15, 0.2) is 0 Å². The second-order valence-electron chi connectivity index (χ2n) is 8.33. The van der Waals surface area contributed by atoms with Gasteiger partial charge < -0.3 is 25.6 Å². The second kappa shape index (κ2) is 9.63. The zero-order valence-electron chi connectivity index (χ0n) is 17.8. The van der Waals surface area contributed by atoms with Crippen LogP contribution in [0.15, 0.2) is 48.5 Å². The molecule has 1 heterocycles. The van der Waals surface area contributed by atoms with Crippen LogP contribution in [0.2, 0.25) is 0 Å². The Bertz CT molecular complexity index is 852. The van der Waals surface area contributed by atoms with Crippen molar-refractivity contribution in [1.82, 2.24) is 5.32 Å². The summed E-state index contributed by atoms with van der Waals surface area (Å²) in [6, 6.07) is 14.9. The van der Waals surface area contributed by atoms with Crippen molar-refractivity contribution in [2.24, 2.45) is 0 Å². The van der Waals surface area contributed by atoms with Crippen LogP contribution >= 0.6 is 0 Å². The highest BCUT2D eigenvalue weighted by molar-refractivity contribution is 5.95. The molecule has 0 unspecified atom stereocenters. The first kappa shape index (κ1) is 21.6. The highest BCUT2D eigenvalue weighted by Gasteiger charge is 2.15. The predicted octanol–water partition coefficient (Wildman–Crippen LogP) is 3.10. The van der Waals surface area contributed by atoms with Gasteiger partial charge >= 0.3 is 0 Å². The summed E-state index contributed by atoms with van der Waals surface area (Å²) in [6.45, 7) is 9.21. The van der Waals surface area contributed by atoms with E-state index < -0.39 is 0 Å². The third-order valence-electron chi connectivity index (χ3n) is 4.62. The number of morpholine rings is 1. The molecule has 0 bridgehead atoms. The van der Waals surface area contributed by atoms with E-state index >= 15 is 0 Å². The first-order chi connectivity index (χ1) is 14.3. The maximum Gasteiger partial charge on any atom is 0.251 e. The van der Waals surface area contributed by atoms with Crippen molar-refractivity contribution >= 4 is 28.9 Å². The van der Waals surface area contributed by atoms with Crippen LogP contribution in [0, 0.1) is 0 Å². The summed E-state index contributed by atoms with van der Waals surface area (Å²) in [6.07, 6.45) is 0. The minimum absolute atomic E-state index is 0.118. The van der Waals surface area contributed by atoms with Crippen molar-refractivity contribution in [3.05, 3.63) is 54.1 Å². The highest BCUT2D eigenvalue weighted by Crippen LogP contribution is 2.19. The molecule has 0 radical (unpaired) electrons. The number of carbonyl (C=O) groups excluding carboxylic acids is 2. The van der Waals surface area contributed by atoms with E-state index in [1.165, 1.54) is 0 Å². The molecule has 1 aliphatic heterocycles. The molecule has 7 nitrogen and oxygen atoms in total. The number of hydrogen-bond acceptors (Lipinski definition) is 5. The Balaban J connectivity index is 1.46. The smallest absolute Gasteiger partial charge is 0.251 e. The number of rotatable bonds is 6. The van der Waals surface area contributed by atoms with E-state index in [-0.39, 0.29) is 23.9 Å². The maximum absolute atomic E-state index is 12.2. The van der Waals surface area contributed by atoms with Crippen LogP contribution < -0.4 is 20.9 Å². The van der Waals surface area contributed by atoms with Crippen LogP contribution in [0.25, 0.3) is 0 Å². The van der Waals surface area contributed by atoms with E-state index in [1.807, 2.05) is 45.0 Å². The third kappa shape index (κ3) is 6.49. The lowest BCUT2D eigenvalue weighted by Gasteiger charge is -2.28. The average molecular weight is 411 g/mol. The van der Waals surface area contributed by atoms with Crippen LogP contribution in [0.1, 0.15) is 31.1 Å². The van der Waals surface area contributed by atoms with Crippen molar-refractivity contribution in [1.29, 1.82) is 0 Å². The zero-order chi connectivity index (χ0) is 21.6. The Labute approximate surface area is 177 Å². The fraction of sp³-hybridized carbons (Fsp3) is 0.391. The van der Waals surface area contributed by atoms with Crippen LogP contribution in [-0.2, 0) is 9.53 Å². The van der Waals surface area contributed by atoms with Crippen LogP contribution in [-0.4, -0.2) is 50.2 Å². The zero-order valence-corrected chi connectivity index (χ0v) is 17.8. The molecule has 0 spiro atoms. The Morgan fingerprint density at radius 1 is 0.933 bits per heavy atom. The molecule has 2 aromatic carbocycles. The minimum Gasteiger partial charge on any atom is -0.378 e. The van der Waals surface area contributed by atoms with Crippen molar-refractivity contribution in [2.45, 2.75) is 26.3 Å². The summed E-state index contributed by atoms with van der Waals surface area (Å²) < 4.78 is 5.37. The summed E-state index contributed by atoms with van der Waals surface area (Å²) >= 11 is 0. The molecule has 0 saturated carbocycles. The predicted molar refractivity (Wildman–Crippen MR) is 120 cm³/mol. The van der Waals surface area contributed by atoms with E-state index in [0.717, 1.165) is 43.4 Å². The van der Waals surface area contributed by atoms with Gasteiger partial charge in [0.25, 0.3) is 5.91 Å². The fourth-order valence-electron chi connectivity index (χ4n) is 3.12. The van der Waals surface area contributed by atoms with Gasteiger partial charge in [-0.25, -0.2) is 0 Å². The average Bonchev–Trinajstić information content (AvgIpc) is 2.72. The van der Waals surface area contributed by atoms with Gasteiger partial charge in [-0.15, -0.1) is 0 Å². The highest BCUT2D eigenvalue weighted by atomic mass is 16.5. The maximum atomic E-state index is 12.2. The molecule has 1 fully saturated rings. The summed E-state index contributed by atoms with van der Waals surface area (Å²) in [5.41, 5.74) is 2.96. The number of ether oxygens (including phenoxy) is 1. The Kier molecular flexibility index (Phi) is 6.95. The topological polar surface area (TPSA) is 82.7 Å². The summed E-state index contributed by atoms with van der Waals surface area (Å²) in [4.78, 5) is 26.7. The van der Waals surface area contributed by atoms with E-state index in [0.29, 0.717) is 5.56 Å². The lowest BCUT2D eigenvalue weighted by Crippen LogP contribution is -2.40. The number of nitrogens with one attached hydrogen (secondary N) is 3. The number of anilines is 3. The molecule has 0 aromatic heterocycles. The molecule has 2 amide bonds. The van der Waals surface area contributed by atoms with Crippen LogP contribution in [0.5, 0.6) is 0 Å². The van der Waals surface area contributed by atoms with Gasteiger partial charge in [0.1, 0.15) is 0 Å². The summed E-state index contributed by atoms with van der Waals surface area (Å²) in [5, 5.41) is 8.89. The SMILES string of the molecule is CC(C)(C)NC(=O)c1ccc(NCC(=O)Nc2ccc(N3CCOCC3)cc2)cc1. The van der Waals surface area contributed by atoms with Gasteiger partial charge in [0, 0.05) is 41.3 Å². The van der Waals surface area contributed by atoms with E-state index in [9.17, 15) is 9.59 Å². The molecule has 160 valence electrons. The lowest BCUT2D eigenvalue weighted by atomic mass is 10.1. The molecule has 2 aromatic rings. The summed E-state index contributed by atoms with van der Waals surface area (Å²) in [5.74, 6) is -0.254. The lowest BCUT2D eigenvalue weighted by molar-refractivity contribution is -0.114. The van der Waals surface area contributed by atoms with Crippen molar-refractivity contribution < 1.29 is 14.3 Å². The molecule has 1 saturated heterocycles. The molecule has 0 aliphatic carbocycles. The Morgan fingerprint density at radius 3 is 2.13 bits per heavy atom. The van der Waals surface area contributed by atoms with E-state index in [1.54, 1.807) is 24.3 Å². The van der Waals surface area contributed by atoms with Gasteiger partial charge in [-0.3, -0.25) is 9.59 Å². The Hall–Kier alpha value is -3.06. The Morgan fingerprint density at radius 2 is 1.53 bits per heavy atom. The molecule has 3 N–H and O–H groups in total. The molecular weight excluding hydrogens is 380 g/mol. The van der Waals surface area contributed by atoms with Gasteiger partial charge in [0.2, 0.25) is 5.91 Å². The van der Waals surface area contributed by atoms with Gasteiger partial charge in [-0.1, -0.05) is 0 Å². The first-order valence-corrected chi connectivity index (χ1v) is 10.2. The molecule has 7 heteroatoms. The number of benzene rings is 2. The monoisotopic (exact) mass is 410 g/mol. The van der Waals surface area contributed by atoms with Crippen molar-refractivity contribution in [3.63, 3.8) is 0 Å². The number of carbonyl (C=O) groups is 2. The first-order valence-electron chi connectivity index (χ1n) is 10.2. The fourth-order valence-corrected chi connectivity index (χ4v) is 3.12. The number of hydrogen-bond donors (Lipinski definition) is 3. The van der Waals surface area contributed by atoms with E-state index in [2.05, 4.69) is 20.9 Å². The minimum atomic E-state index is -0.285. The van der Waals surface area contributed by atoms with Gasteiger partial charge in [0.05, 0.1) is 19.8 Å². The molecule has 30 heavy (non-hydrogen) atoms. The van der Waals surface area contributed by atoms with Crippen molar-refractivity contribution in [3.8, 4) is 0 Å². The molecule has 0 atom stereocenters. The standard InChI is InChI=1S/C23H30N4O3/c1-23(2,3)26-22(29)17-4-6-18(7-5-17)24-16-21(28)25-19-8-10-20(11-9-19)27-12-14-30-15-13-27/h4-11,24H,12-16H2,1-3H3,(H,25,28)(H,26,29). The molecule has 1 aliphatic rings. The molecular formula is C23H30N4O3. The third-order valence-corrected chi connectivity index (χ3v) is 4.62. The quantitative estimate of drug-likeness (QED) is 0.682. The van der Waals surface area contributed by atoms with Gasteiger partial charge in [-0.05, 0) is 69.3 Å². The van der Waals surface area contributed by atoms with Crippen LogP contribution in [0.3, 0.4) is 0 Å². The van der Waals surface area contributed by atoms with E-state index in [4.69, 9.17) is 4.74 Å². The van der Waals surface area contributed by atoms with Gasteiger partial charge in [-0.2, -0.15) is 0 Å². The number of nitrogens with zero attached hydrogens (tertiary/aromatic N) is 1. The number of amides is 2. The second-order valence-corrected chi connectivity index (χ2v) is 8.33. The molecule has 3 rings (SSSR count). The summed E-state index contributed by atoms with van der Waals surface area (Å²) in [7, 11) is 0. The normalized spacial score (nSPS) is 14.2. The van der Waals surface area contributed by atoms with Crippen LogP contribution in [0.4, 0.5) is 17.1 Å².